The van der Waals surface area contributed by atoms with Gasteiger partial charge in [0.05, 0.1) is 0 Å². The van der Waals surface area contributed by atoms with Crippen molar-refractivity contribution in [3.05, 3.63) is 83.4 Å². The molecule has 0 aliphatic carbocycles. The van der Waals surface area contributed by atoms with Crippen LogP contribution in [0.5, 0.6) is 0 Å². The summed E-state index contributed by atoms with van der Waals surface area (Å²) < 4.78 is 0. The fourth-order valence-corrected chi connectivity index (χ4v) is 2.37. The zero-order chi connectivity index (χ0) is 13.1. The SMILES string of the molecule is Cc1ccc(C=Cc2ccccc2)c2ccccc12. The van der Waals surface area contributed by atoms with E-state index in [2.05, 4.69) is 79.7 Å². The predicted molar refractivity (Wildman–Crippen MR) is 84.1 cm³/mol. The van der Waals surface area contributed by atoms with Gasteiger partial charge in [-0.3, -0.25) is 0 Å². The topological polar surface area (TPSA) is 0 Å². The summed E-state index contributed by atoms with van der Waals surface area (Å²) in [7, 11) is 0. The number of aryl methyl sites for hydroxylation is 1. The second-order valence-corrected chi connectivity index (χ2v) is 4.76. The van der Waals surface area contributed by atoms with Crippen LogP contribution in [0.2, 0.25) is 0 Å². The highest BCUT2D eigenvalue weighted by atomic mass is 14.0. The van der Waals surface area contributed by atoms with E-state index in [1.165, 1.54) is 27.5 Å². The van der Waals surface area contributed by atoms with E-state index < -0.39 is 0 Å². The Balaban J connectivity index is 2.07. The fourth-order valence-electron chi connectivity index (χ4n) is 2.37. The number of hydrogen-bond acceptors (Lipinski definition) is 0. The molecule has 0 aliphatic heterocycles. The second kappa shape index (κ2) is 5.11. The first-order valence-electron chi connectivity index (χ1n) is 6.56. The van der Waals surface area contributed by atoms with Crippen LogP contribution in [0.15, 0.2) is 66.7 Å². The molecule has 19 heavy (non-hydrogen) atoms. The van der Waals surface area contributed by atoms with Crippen molar-refractivity contribution in [1.29, 1.82) is 0 Å². The molecule has 0 heteroatoms. The molecule has 3 rings (SSSR count). The molecule has 0 atom stereocenters. The van der Waals surface area contributed by atoms with Crippen LogP contribution in [0, 0.1) is 6.92 Å². The van der Waals surface area contributed by atoms with Crippen molar-refractivity contribution in [2.45, 2.75) is 6.92 Å². The highest BCUT2D eigenvalue weighted by Gasteiger charge is 1.99. The van der Waals surface area contributed by atoms with Crippen molar-refractivity contribution >= 4 is 22.9 Å². The standard InChI is InChI=1S/C19H16/c1-15-11-13-17(19-10-6-5-9-18(15)19)14-12-16-7-3-2-4-8-16/h2-14H,1H3. The second-order valence-electron chi connectivity index (χ2n) is 4.76. The summed E-state index contributed by atoms with van der Waals surface area (Å²) in [6.45, 7) is 2.16. The minimum atomic E-state index is 1.23. The lowest BCUT2D eigenvalue weighted by atomic mass is 9.99. The summed E-state index contributed by atoms with van der Waals surface area (Å²) >= 11 is 0. The normalized spacial score (nSPS) is 11.2. The van der Waals surface area contributed by atoms with Gasteiger partial charge < -0.3 is 0 Å². The van der Waals surface area contributed by atoms with Crippen molar-refractivity contribution in [3.8, 4) is 0 Å². The van der Waals surface area contributed by atoms with E-state index >= 15 is 0 Å². The van der Waals surface area contributed by atoms with Gasteiger partial charge in [-0.15, -0.1) is 0 Å². The minimum Gasteiger partial charge on any atom is -0.0622 e. The molecule has 0 unspecified atom stereocenters. The van der Waals surface area contributed by atoms with E-state index in [9.17, 15) is 0 Å². The van der Waals surface area contributed by atoms with Gasteiger partial charge in [0, 0.05) is 0 Å². The van der Waals surface area contributed by atoms with E-state index in [4.69, 9.17) is 0 Å². The van der Waals surface area contributed by atoms with Crippen molar-refractivity contribution in [3.63, 3.8) is 0 Å². The van der Waals surface area contributed by atoms with Gasteiger partial charge in [0.1, 0.15) is 0 Å². The van der Waals surface area contributed by atoms with Crippen LogP contribution in [0.4, 0.5) is 0 Å². The first-order valence-corrected chi connectivity index (χ1v) is 6.56. The molecule has 0 amide bonds. The Kier molecular flexibility index (Phi) is 3.16. The predicted octanol–water partition coefficient (Wildman–Crippen LogP) is 5.32. The fraction of sp³-hybridized carbons (Fsp3) is 0.0526. The third-order valence-electron chi connectivity index (χ3n) is 3.43. The number of hydrogen-bond donors (Lipinski definition) is 0. The third-order valence-corrected chi connectivity index (χ3v) is 3.43. The zero-order valence-electron chi connectivity index (χ0n) is 11.0. The first-order chi connectivity index (χ1) is 9.34. The number of benzene rings is 3. The molecule has 0 fully saturated rings. The Morgan fingerprint density at radius 1 is 0.632 bits per heavy atom. The molecular weight excluding hydrogens is 228 g/mol. The summed E-state index contributed by atoms with van der Waals surface area (Å²) in [5.41, 5.74) is 3.82. The Morgan fingerprint density at radius 2 is 1.32 bits per heavy atom. The molecule has 0 bridgehead atoms. The molecule has 0 aromatic heterocycles. The molecule has 0 saturated carbocycles. The van der Waals surface area contributed by atoms with Crippen molar-refractivity contribution in [2.75, 3.05) is 0 Å². The zero-order valence-corrected chi connectivity index (χ0v) is 11.0. The van der Waals surface area contributed by atoms with Crippen LogP contribution in [-0.4, -0.2) is 0 Å². The summed E-state index contributed by atoms with van der Waals surface area (Å²) in [6.07, 6.45) is 4.36. The van der Waals surface area contributed by atoms with E-state index in [1.807, 2.05) is 6.07 Å². The summed E-state index contributed by atoms with van der Waals surface area (Å²) in [6, 6.07) is 23.3. The smallest absolute Gasteiger partial charge is 0.0109 e. The van der Waals surface area contributed by atoms with Crippen LogP contribution in [0.25, 0.3) is 22.9 Å². The van der Waals surface area contributed by atoms with Gasteiger partial charge in [-0.05, 0) is 34.4 Å². The summed E-state index contributed by atoms with van der Waals surface area (Å²) in [5.74, 6) is 0. The lowest BCUT2D eigenvalue weighted by Gasteiger charge is -2.05. The van der Waals surface area contributed by atoms with Crippen LogP contribution >= 0.6 is 0 Å². The van der Waals surface area contributed by atoms with E-state index in [0.29, 0.717) is 0 Å². The van der Waals surface area contributed by atoms with Gasteiger partial charge in [0.25, 0.3) is 0 Å². The lowest BCUT2D eigenvalue weighted by Crippen LogP contribution is -1.82. The Hall–Kier alpha value is -2.34. The summed E-state index contributed by atoms with van der Waals surface area (Å²) in [5, 5.41) is 2.65. The molecule has 0 saturated heterocycles. The molecule has 0 radical (unpaired) electrons. The number of rotatable bonds is 2. The Labute approximate surface area is 114 Å². The van der Waals surface area contributed by atoms with Gasteiger partial charge in [-0.1, -0.05) is 78.9 Å². The maximum atomic E-state index is 2.19. The summed E-state index contributed by atoms with van der Waals surface area (Å²) in [4.78, 5) is 0. The van der Waals surface area contributed by atoms with Gasteiger partial charge in [-0.25, -0.2) is 0 Å². The van der Waals surface area contributed by atoms with E-state index in [1.54, 1.807) is 0 Å². The third kappa shape index (κ3) is 2.43. The van der Waals surface area contributed by atoms with Crippen LogP contribution in [-0.2, 0) is 0 Å². The first kappa shape index (κ1) is 11.7. The molecule has 0 aliphatic rings. The molecule has 0 N–H and O–H groups in total. The van der Waals surface area contributed by atoms with Gasteiger partial charge in [0.2, 0.25) is 0 Å². The monoisotopic (exact) mass is 244 g/mol. The Morgan fingerprint density at radius 3 is 2.11 bits per heavy atom. The average molecular weight is 244 g/mol. The highest BCUT2D eigenvalue weighted by molar-refractivity contribution is 5.94. The van der Waals surface area contributed by atoms with Crippen molar-refractivity contribution in [2.24, 2.45) is 0 Å². The lowest BCUT2D eigenvalue weighted by molar-refractivity contribution is 1.52. The van der Waals surface area contributed by atoms with Crippen LogP contribution in [0.1, 0.15) is 16.7 Å². The van der Waals surface area contributed by atoms with Gasteiger partial charge >= 0.3 is 0 Å². The van der Waals surface area contributed by atoms with Crippen LogP contribution < -0.4 is 0 Å². The molecule has 0 spiro atoms. The van der Waals surface area contributed by atoms with E-state index in [-0.39, 0.29) is 0 Å². The quantitative estimate of drug-likeness (QED) is 0.535. The highest BCUT2D eigenvalue weighted by Crippen LogP contribution is 2.23. The molecule has 3 aromatic rings. The van der Waals surface area contributed by atoms with Crippen molar-refractivity contribution < 1.29 is 0 Å². The van der Waals surface area contributed by atoms with Crippen molar-refractivity contribution in [1.82, 2.24) is 0 Å². The Bertz CT molecular complexity index is 721. The average Bonchev–Trinajstić information content (AvgIpc) is 2.48. The van der Waals surface area contributed by atoms with Crippen LogP contribution in [0.3, 0.4) is 0 Å². The largest absolute Gasteiger partial charge is 0.0622 e. The molecule has 0 heterocycles. The maximum Gasteiger partial charge on any atom is -0.0109 e. The number of fused-ring (bicyclic) bond motifs is 1. The van der Waals surface area contributed by atoms with E-state index in [0.717, 1.165) is 0 Å². The molecule has 3 aromatic carbocycles. The molecule has 0 nitrogen and oxygen atoms in total. The molecular formula is C19H16. The van der Waals surface area contributed by atoms with Gasteiger partial charge in [0.15, 0.2) is 0 Å². The van der Waals surface area contributed by atoms with Gasteiger partial charge in [-0.2, -0.15) is 0 Å². The maximum absolute atomic E-state index is 2.19. The minimum absolute atomic E-state index is 1.23. The molecule has 92 valence electrons.